The molecular weight excluding hydrogens is 436 g/mol. The van der Waals surface area contributed by atoms with E-state index in [0.717, 1.165) is 22.3 Å². The molecule has 0 aliphatic rings. The van der Waals surface area contributed by atoms with E-state index >= 15 is 0 Å². The van der Waals surface area contributed by atoms with E-state index in [4.69, 9.17) is 4.74 Å². The minimum Gasteiger partial charge on any atom is -0.494 e. The number of amides is 1. The molecule has 3 aromatic rings. The summed E-state index contributed by atoms with van der Waals surface area (Å²) in [6.45, 7) is 7.94. The lowest BCUT2D eigenvalue weighted by Gasteiger charge is -2.26. The molecule has 1 N–H and O–H groups in total. The summed E-state index contributed by atoms with van der Waals surface area (Å²) in [5.74, 6) is 0.289. The molecule has 1 amide bonds. The average Bonchev–Trinajstić information content (AvgIpc) is 2.79. The zero-order chi connectivity index (χ0) is 24.0. The van der Waals surface area contributed by atoms with Crippen molar-refractivity contribution in [2.75, 3.05) is 17.5 Å². The summed E-state index contributed by atoms with van der Waals surface area (Å²) in [7, 11) is -3.96. The molecule has 3 rings (SSSR count). The molecule has 0 unspecified atom stereocenters. The zero-order valence-electron chi connectivity index (χ0n) is 19.5. The lowest BCUT2D eigenvalue weighted by Crippen LogP contribution is -2.41. The van der Waals surface area contributed by atoms with Gasteiger partial charge in [-0.1, -0.05) is 48.0 Å². The van der Waals surface area contributed by atoms with Crippen molar-refractivity contribution in [1.82, 2.24) is 5.32 Å². The summed E-state index contributed by atoms with van der Waals surface area (Å²) >= 11 is 0. The van der Waals surface area contributed by atoms with Crippen LogP contribution in [0.2, 0.25) is 0 Å². The van der Waals surface area contributed by atoms with Gasteiger partial charge in [-0.2, -0.15) is 0 Å². The molecule has 3 aromatic carbocycles. The van der Waals surface area contributed by atoms with Crippen LogP contribution in [0.5, 0.6) is 5.75 Å². The smallest absolute Gasteiger partial charge is 0.264 e. The molecule has 0 heterocycles. The van der Waals surface area contributed by atoms with E-state index in [0.29, 0.717) is 18.0 Å². The minimum atomic E-state index is -3.96. The first kappa shape index (κ1) is 24.3. The first-order valence-corrected chi connectivity index (χ1v) is 12.3. The van der Waals surface area contributed by atoms with Gasteiger partial charge in [0.1, 0.15) is 12.3 Å². The summed E-state index contributed by atoms with van der Waals surface area (Å²) in [4.78, 5) is 13.1. The number of nitrogens with one attached hydrogen (secondary N) is 1. The number of sulfonamides is 1. The molecule has 0 aromatic heterocycles. The molecule has 0 fully saturated rings. The summed E-state index contributed by atoms with van der Waals surface area (Å²) in [6, 6.07) is 19.7. The lowest BCUT2D eigenvalue weighted by atomic mass is 10.1. The third kappa shape index (κ3) is 5.93. The highest BCUT2D eigenvalue weighted by atomic mass is 32.2. The number of rotatable bonds is 9. The Bertz CT molecular complexity index is 1220. The Kier molecular flexibility index (Phi) is 7.76. The highest BCUT2D eigenvalue weighted by molar-refractivity contribution is 7.92. The van der Waals surface area contributed by atoms with Gasteiger partial charge in [-0.05, 0) is 63.1 Å². The van der Waals surface area contributed by atoms with Crippen molar-refractivity contribution in [1.29, 1.82) is 0 Å². The molecule has 0 spiro atoms. The van der Waals surface area contributed by atoms with Crippen LogP contribution in [0.15, 0.2) is 71.6 Å². The highest BCUT2D eigenvalue weighted by Crippen LogP contribution is 2.28. The van der Waals surface area contributed by atoms with Crippen LogP contribution in [-0.4, -0.2) is 27.5 Å². The third-order valence-electron chi connectivity index (χ3n) is 5.28. The second-order valence-electron chi connectivity index (χ2n) is 7.93. The standard InChI is InChI=1S/C26H30N2O4S/c1-5-32-25-9-7-6-8-22(25)17-27-26(29)18-28(24-16-20(3)10-13-21(24)4)33(30,31)23-14-11-19(2)12-15-23/h6-16H,5,17-18H2,1-4H3,(H,27,29). The molecule has 0 bridgehead atoms. The van der Waals surface area contributed by atoms with E-state index in [1.54, 1.807) is 30.3 Å². The molecule has 0 atom stereocenters. The number of ether oxygens (including phenoxy) is 1. The van der Waals surface area contributed by atoms with Crippen molar-refractivity contribution in [3.05, 3.63) is 89.0 Å². The molecule has 7 heteroatoms. The second kappa shape index (κ2) is 10.5. The van der Waals surface area contributed by atoms with Crippen LogP contribution in [0.25, 0.3) is 0 Å². The summed E-state index contributed by atoms with van der Waals surface area (Å²) in [6.07, 6.45) is 0. The van der Waals surface area contributed by atoms with Gasteiger partial charge in [-0.3, -0.25) is 9.10 Å². The van der Waals surface area contributed by atoms with Crippen molar-refractivity contribution in [3.63, 3.8) is 0 Å². The number of para-hydroxylation sites is 1. The maximum Gasteiger partial charge on any atom is 0.264 e. The van der Waals surface area contributed by atoms with Crippen molar-refractivity contribution < 1.29 is 17.9 Å². The van der Waals surface area contributed by atoms with E-state index in [1.807, 2.05) is 64.1 Å². The van der Waals surface area contributed by atoms with Crippen molar-refractivity contribution in [2.45, 2.75) is 39.1 Å². The number of carbonyl (C=O) groups excluding carboxylic acids is 1. The number of carbonyl (C=O) groups is 1. The largest absolute Gasteiger partial charge is 0.494 e. The van der Waals surface area contributed by atoms with E-state index < -0.39 is 15.9 Å². The Morgan fingerprint density at radius 1 is 0.939 bits per heavy atom. The van der Waals surface area contributed by atoms with Crippen LogP contribution in [0.1, 0.15) is 29.2 Å². The molecule has 0 aliphatic carbocycles. The van der Waals surface area contributed by atoms with Gasteiger partial charge in [0.05, 0.1) is 17.2 Å². The number of nitrogens with zero attached hydrogens (tertiary/aromatic N) is 1. The van der Waals surface area contributed by atoms with Crippen LogP contribution in [0, 0.1) is 20.8 Å². The molecular formula is C26H30N2O4S. The molecule has 0 saturated heterocycles. The van der Waals surface area contributed by atoms with Gasteiger partial charge < -0.3 is 10.1 Å². The maximum absolute atomic E-state index is 13.6. The summed E-state index contributed by atoms with van der Waals surface area (Å²) in [5.41, 5.74) is 3.95. The quantitative estimate of drug-likeness (QED) is 0.503. The SMILES string of the molecule is CCOc1ccccc1CNC(=O)CN(c1cc(C)ccc1C)S(=O)(=O)c1ccc(C)cc1. The van der Waals surface area contributed by atoms with Crippen LogP contribution in [0.4, 0.5) is 5.69 Å². The average molecular weight is 467 g/mol. The summed E-state index contributed by atoms with van der Waals surface area (Å²) < 4.78 is 34.0. The Balaban J connectivity index is 1.89. The fraction of sp³-hybridized carbons (Fsp3) is 0.269. The number of hydrogen-bond donors (Lipinski definition) is 1. The third-order valence-corrected chi connectivity index (χ3v) is 7.05. The van der Waals surface area contributed by atoms with Gasteiger partial charge in [0.25, 0.3) is 10.0 Å². The van der Waals surface area contributed by atoms with Crippen molar-refractivity contribution >= 4 is 21.6 Å². The van der Waals surface area contributed by atoms with E-state index in [9.17, 15) is 13.2 Å². The lowest BCUT2D eigenvalue weighted by molar-refractivity contribution is -0.119. The maximum atomic E-state index is 13.6. The van der Waals surface area contributed by atoms with E-state index in [-0.39, 0.29) is 18.0 Å². The molecule has 6 nitrogen and oxygen atoms in total. The Labute approximate surface area is 196 Å². The van der Waals surface area contributed by atoms with E-state index in [1.165, 1.54) is 4.31 Å². The van der Waals surface area contributed by atoms with Crippen molar-refractivity contribution in [3.8, 4) is 5.75 Å². The zero-order valence-corrected chi connectivity index (χ0v) is 20.3. The molecule has 174 valence electrons. The van der Waals surface area contributed by atoms with Gasteiger partial charge in [0.15, 0.2) is 0 Å². The second-order valence-corrected chi connectivity index (χ2v) is 9.79. The van der Waals surface area contributed by atoms with Gasteiger partial charge in [0.2, 0.25) is 5.91 Å². The molecule has 0 saturated carbocycles. The number of anilines is 1. The van der Waals surface area contributed by atoms with Crippen molar-refractivity contribution in [2.24, 2.45) is 0 Å². The molecule has 0 radical (unpaired) electrons. The summed E-state index contributed by atoms with van der Waals surface area (Å²) in [5, 5.41) is 2.84. The van der Waals surface area contributed by atoms with Crippen LogP contribution < -0.4 is 14.4 Å². The highest BCUT2D eigenvalue weighted by Gasteiger charge is 2.28. The molecule has 0 aliphatic heterocycles. The first-order chi connectivity index (χ1) is 15.7. The monoisotopic (exact) mass is 466 g/mol. The first-order valence-electron chi connectivity index (χ1n) is 10.9. The normalized spacial score (nSPS) is 11.2. The Morgan fingerprint density at radius 3 is 2.30 bits per heavy atom. The van der Waals surface area contributed by atoms with Gasteiger partial charge in [0, 0.05) is 12.1 Å². The fourth-order valence-electron chi connectivity index (χ4n) is 3.45. The molecule has 33 heavy (non-hydrogen) atoms. The van der Waals surface area contributed by atoms with Crippen LogP contribution in [-0.2, 0) is 21.4 Å². The van der Waals surface area contributed by atoms with Gasteiger partial charge in [-0.25, -0.2) is 8.42 Å². The predicted octanol–water partition coefficient (Wildman–Crippen LogP) is 4.52. The number of hydrogen-bond acceptors (Lipinski definition) is 4. The number of aryl methyl sites for hydroxylation is 3. The minimum absolute atomic E-state index is 0.142. The fourth-order valence-corrected chi connectivity index (χ4v) is 4.93. The van der Waals surface area contributed by atoms with Gasteiger partial charge in [-0.15, -0.1) is 0 Å². The topological polar surface area (TPSA) is 75.7 Å². The number of benzene rings is 3. The van der Waals surface area contributed by atoms with E-state index in [2.05, 4.69) is 5.32 Å². The Hall–Kier alpha value is -3.32. The van der Waals surface area contributed by atoms with Crippen LogP contribution in [0.3, 0.4) is 0 Å². The van der Waals surface area contributed by atoms with Gasteiger partial charge >= 0.3 is 0 Å². The Morgan fingerprint density at radius 2 is 1.61 bits per heavy atom. The predicted molar refractivity (Wildman–Crippen MR) is 131 cm³/mol. The van der Waals surface area contributed by atoms with Crippen LogP contribution >= 0.6 is 0 Å².